The summed E-state index contributed by atoms with van der Waals surface area (Å²) in [4.78, 5) is 11.0. The van der Waals surface area contributed by atoms with Crippen molar-refractivity contribution in [3.8, 4) is 0 Å². The molecule has 1 aliphatic rings. The van der Waals surface area contributed by atoms with Gasteiger partial charge in [-0.15, -0.1) is 0 Å². The third-order valence-corrected chi connectivity index (χ3v) is 5.39. The minimum atomic E-state index is -3.09. The van der Waals surface area contributed by atoms with Gasteiger partial charge in [-0.3, -0.25) is 4.79 Å². The molecular formula is C10H19NO4S. The van der Waals surface area contributed by atoms with E-state index in [2.05, 4.69) is 5.32 Å². The molecule has 0 amide bonds. The van der Waals surface area contributed by atoms with Crippen molar-refractivity contribution in [2.24, 2.45) is 0 Å². The first-order chi connectivity index (χ1) is 7.30. The van der Waals surface area contributed by atoms with Crippen LogP contribution in [0.5, 0.6) is 0 Å². The van der Waals surface area contributed by atoms with Gasteiger partial charge >= 0.3 is 5.97 Å². The highest BCUT2D eigenvalue weighted by Crippen LogP contribution is 2.31. The van der Waals surface area contributed by atoms with E-state index in [-0.39, 0.29) is 12.3 Å². The predicted octanol–water partition coefficient (Wildman–Crippen LogP) is 0.406. The Morgan fingerprint density at radius 3 is 2.31 bits per heavy atom. The molecule has 1 saturated carbocycles. The van der Waals surface area contributed by atoms with E-state index in [9.17, 15) is 13.2 Å². The highest BCUT2D eigenvalue weighted by molar-refractivity contribution is 7.92. The minimum Gasteiger partial charge on any atom is -0.480 e. The Bertz CT molecular complexity index is 357. The SMILES string of the molecule is CC(C)S(=O)(=O)CCNC1(C(=O)O)CCC1. The average molecular weight is 249 g/mol. The Kier molecular flexibility index (Phi) is 3.96. The van der Waals surface area contributed by atoms with Crippen molar-refractivity contribution in [2.45, 2.75) is 43.9 Å². The van der Waals surface area contributed by atoms with Gasteiger partial charge in [0.15, 0.2) is 9.84 Å². The summed E-state index contributed by atoms with van der Waals surface area (Å²) in [6.07, 6.45) is 2.06. The summed E-state index contributed by atoms with van der Waals surface area (Å²) in [5.74, 6) is -0.875. The molecule has 1 rings (SSSR count). The third-order valence-electron chi connectivity index (χ3n) is 3.18. The molecule has 0 heterocycles. The zero-order valence-corrected chi connectivity index (χ0v) is 10.5. The molecule has 0 aromatic rings. The monoisotopic (exact) mass is 249 g/mol. The van der Waals surface area contributed by atoms with Gasteiger partial charge in [0.1, 0.15) is 5.54 Å². The topological polar surface area (TPSA) is 83.5 Å². The van der Waals surface area contributed by atoms with Crippen LogP contribution in [-0.4, -0.2) is 42.6 Å². The van der Waals surface area contributed by atoms with Crippen LogP contribution in [0.1, 0.15) is 33.1 Å². The number of hydrogen-bond donors (Lipinski definition) is 2. The van der Waals surface area contributed by atoms with Crippen LogP contribution in [0, 0.1) is 0 Å². The first kappa shape index (κ1) is 13.4. The van der Waals surface area contributed by atoms with Crippen LogP contribution in [0.2, 0.25) is 0 Å². The maximum Gasteiger partial charge on any atom is 0.323 e. The fourth-order valence-electron chi connectivity index (χ4n) is 1.66. The molecule has 94 valence electrons. The van der Waals surface area contributed by atoms with Gasteiger partial charge in [0.2, 0.25) is 0 Å². The second kappa shape index (κ2) is 4.71. The Morgan fingerprint density at radius 1 is 1.44 bits per heavy atom. The van der Waals surface area contributed by atoms with Gasteiger partial charge in [0.25, 0.3) is 0 Å². The average Bonchev–Trinajstić information content (AvgIpc) is 2.08. The Balaban J connectivity index is 2.44. The van der Waals surface area contributed by atoms with Crippen molar-refractivity contribution in [2.75, 3.05) is 12.3 Å². The summed E-state index contributed by atoms with van der Waals surface area (Å²) < 4.78 is 23.0. The van der Waals surface area contributed by atoms with Crippen LogP contribution in [-0.2, 0) is 14.6 Å². The quantitative estimate of drug-likeness (QED) is 0.712. The Morgan fingerprint density at radius 2 is 2.00 bits per heavy atom. The summed E-state index contributed by atoms with van der Waals surface area (Å²) in [6.45, 7) is 3.48. The molecule has 2 N–H and O–H groups in total. The van der Waals surface area contributed by atoms with Gasteiger partial charge in [-0.2, -0.15) is 0 Å². The van der Waals surface area contributed by atoms with E-state index in [0.29, 0.717) is 12.8 Å². The van der Waals surface area contributed by atoms with E-state index in [0.717, 1.165) is 6.42 Å². The van der Waals surface area contributed by atoms with E-state index < -0.39 is 26.6 Å². The van der Waals surface area contributed by atoms with Crippen molar-refractivity contribution < 1.29 is 18.3 Å². The molecule has 0 spiro atoms. The number of carboxylic acid groups (broad SMARTS) is 1. The van der Waals surface area contributed by atoms with Gasteiger partial charge in [-0.05, 0) is 33.1 Å². The Hall–Kier alpha value is -0.620. The lowest BCUT2D eigenvalue weighted by atomic mass is 9.77. The summed E-state index contributed by atoms with van der Waals surface area (Å²) in [6, 6.07) is 0. The molecule has 16 heavy (non-hydrogen) atoms. The number of hydrogen-bond acceptors (Lipinski definition) is 4. The van der Waals surface area contributed by atoms with Crippen LogP contribution in [0.25, 0.3) is 0 Å². The number of aliphatic carboxylic acids is 1. The van der Waals surface area contributed by atoms with Crippen LogP contribution in [0.4, 0.5) is 0 Å². The number of sulfone groups is 1. The highest BCUT2D eigenvalue weighted by Gasteiger charge is 2.43. The molecule has 0 atom stereocenters. The van der Waals surface area contributed by atoms with E-state index in [1.165, 1.54) is 0 Å². The Labute approximate surface area is 96.1 Å². The molecule has 0 unspecified atom stereocenters. The lowest BCUT2D eigenvalue weighted by molar-refractivity contribution is -0.148. The van der Waals surface area contributed by atoms with E-state index >= 15 is 0 Å². The number of rotatable bonds is 6. The zero-order valence-electron chi connectivity index (χ0n) is 9.69. The maximum atomic E-state index is 11.5. The molecule has 0 aromatic carbocycles. The predicted molar refractivity (Wildman–Crippen MR) is 61.1 cm³/mol. The molecule has 1 aliphatic carbocycles. The van der Waals surface area contributed by atoms with Crippen molar-refractivity contribution >= 4 is 15.8 Å². The van der Waals surface area contributed by atoms with E-state index in [1.54, 1.807) is 13.8 Å². The molecule has 6 heteroatoms. The third kappa shape index (κ3) is 2.74. The largest absolute Gasteiger partial charge is 0.480 e. The molecule has 0 radical (unpaired) electrons. The smallest absolute Gasteiger partial charge is 0.323 e. The second-order valence-corrected chi connectivity index (χ2v) is 7.26. The summed E-state index contributed by atoms with van der Waals surface area (Å²) in [5.41, 5.74) is -0.869. The van der Waals surface area contributed by atoms with E-state index in [1.807, 2.05) is 0 Å². The number of nitrogens with one attached hydrogen (secondary N) is 1. The van der Waals surface area contributed by atoms with Gasteiger partial charge in [0.05, 0.1) is 11.0 Å². The van der Waals surface area contributed by atoms with Crippen molar-refractivity contribution in [3.05, 3.63) is 0 Å². The molecule has 0 bridgehead atoms. The van der Waals surface area contributed by atoms with E-state index in [4.69, 9.17) is 5.11 Å². The molecular weight excluding hydrogens is 230 g/mol. The van der Waals surface area contributed by atoms with Crippen molar-refractivity contribution in [1.82, 2.24) is 5.32 Å². The van der Waals surface area contributed by atoms with Crippen LogP contribution >= 0.6 is 0 Å². The standard InChI is InChI=1S/C10H19NO4S/c1-8(2)16(14,15)7-6-11-10(9(12)13)4-3-5-10/h8,11H,3-7H2,1-2H3,(H,12,13). The van der Waals surface area contributed by atoms with Gasteiger partial charge in [-0.1, -0.05) is 0 Å². The summed E-state index contributed by atoms with van der Waals surface area (Å²) in [5, 5.41) is 11.5. The first-order valence-electron chi connectivity index (χ1n) is 5.50. The fraction of sp³-hybridized carbons (Fsp3) is 0.900. The van der Waals surface area contributed by atoms with Crippen molar-refractivity contribution in [3.63, 3.8) is 0 Å². The summed E-state index contributed by atoms with van der Waals surface area (Å²) in [7, 11) is -3.09. The highest BCUT2D eigenvalue weighted by atomic mass is 32.2. The first-order valence-corrected chi connectivity index (χ1v) is 7.22. The van der Waals surface area contributed by atoms with Crippen LogP contribution in [0.15, 0.2) is 0 Å². The van der Waals surface area contributed by atoms with Gasteiger partial charge < -0.3 is 10.4 Å². The van der Waals surface area contributed by atoms with Crippen LogP contribution in [0.3, 0.4) is 0 Å². The second-order valence-electron chi connectivity index (χ2n) is 4.58. The maximum absolute atomic E-state index is 11.5. The summed E-state index contributed by atoms with van der Waals surface area (Å²) >= 11 is 0. The minimum absolute atomic E-state index is 0.000301. The van der Waals surface area contributed by atoms with Crippen molar-refractivity contribution in [1.29, 1.82) is 0 Å². The molecule has 1 fully saturated rings. The molecule has 0 saturated heterocycles. The number of carboxylic acids is 1. The number of carbonyl (C=O) groups is 1. The van der Waals surface area contributed by atoms with Gasteiger partial charge in [-0.25, -0.2) is 8.42 Å². The normalized spacial score (nSPS) is 19.4. The molecule has 0 aromatic heterocycles. The lowest BCUT2D eigenvalue weighted by Crippen LogP contribution is -2.58. The zero-order chi connectivity index (χ0) is 12.4. The van der Waals surface area contributed by atoms with Gasteiger partial charge in [0, 0.05) is 6.54 Å². The fourth-order valence-corrected chi connectivity index (χ4v) is 2.52. The lowest BCUT2D eigenvalue weighted by Gasteiger charge is -2.38. The van der Waals surface area contributed by atoms with Crippen LogP contribution < -0.4 is 5.32 Å². The molecule has 0 aliphatic heterocycles. The molecule has 5 nitrogen and oxygen atoms in total.